The number of carbonyl (C=O) groups is 1. The highest BCUT2D eigenvalue weighted by Gasteiger charge is 2.39. The molecule has 0 radical (unpaired) electrons. The van der Waals surface area contributed by atoms with Crippen LogP contribution in [0.5, 0.6) is 0 Å². The van der Waals surface area contributed by atoms with Gasteiger partial charge in [-0.1, -0.05) is 6.07 Å². The Bertz CT molecular complexity index is 720. The average molecular weight is 311 g/mol. The summed E-state index contributed by atoms with van der Waals surface area (Å²) in [6, 6.07) is 9.70. The summed E-state index contributed by atoms with van der Waals surface area (Å²) in [5.74, 6) is 0.187. The fourth-order valence-corrected chi connectivity index (χ4v) is 4.58. The van der Waals surface area contributed by atoms with Crippen LogP contribution in [0.2, 0.25) is 0 Å². The zero-order chi connectivity index (χ0) is 16.0. The van der Waals surface area contributed by atoms with Crippen molar-refractivity contribution in [2.45, 2.75) is 51.2 Å². The number of likely N-dealkylation sites (tertiary alicyclic amines) is 1. The largest absolute Gasteiger partial charge is 0.361 e. The van der Waals surface area contributed by atoms with Gasteiger partial charge in [0.15, 0.2) is 0 Å². The monoisotopic (exact) mass is 311 g/mol. The van der Waals surface area contributed by atoms with Gasteiger partial charge in [-0.05, 0) is 51.3 Å². The molecule has 0 aliphatic carbocycles. The molecule has 2 atom stereocenters. The predicted molar refractivity (Wildman–Crippen MR) is 92.6 cm³/mol. The number of hydrogen-bond acceptors (Lipinski definition) is 2. The van der Waals surface area contributed by atoms with E-state index in [2.05, 4.69) is 28.6 Å². The average Bonchev–Trinajstić information content (AvgIpc) is 3.10. The van der Waals surface area contributed by atoms with Gasteiger partial charge in [0, 0.05) is 53.9 Å². The van der Waals surface area contributed by atoms with Gasteiger partial charge in [0.25, 0.3) is 5.91 Å². The van der Waals surface area contributed by atoms with Crippen LogP contribution in [0, 0.1) is 0 Å². The van der Waals surface area contributed by atoms with Crippen molar-refractivity contribution in [1.29, 1.82) is 0 Å². The zero-order valence-corrected chi connectivity index (χ0v) is 14.0. The molecule has 0 saturated carbocycles. The number of carbonyl (C=O) groups excluding carboxylic acids is 1. The van der Waals surface area contributed by atoms with Crippen molar-refractivity contribution in [2.75, 3.05) is 13.1 Å². The Kier molecular flexibility index (Phi) is 3.64. The Morgan fingerprint density at radius 1 is 1.17 bits per heavy atom. The van der Waals surface area contributed by atoms with Gasteiger partial charge in [-0.25, -0.2) is 0 Å². The Labute approximate surface area is 137 Å². The molecule has 122 valence electrons. The normalized spacial score (nSPS) is 25.3. The van der Waals surface area contributed by atoms with E-state index in [1.807, 2.05) is 30.5 Å². The number of hydrogen-bond donors (Lipinski definition) is 1. The van der Waals surface area contributed by atoms with Crippen molar-refractivity contribution >= 4 is 16.8 Å². The molecule has 4 heteroatoms. The van der Waals surface area contributed by atoms with Crippen LogP contribution in [0.15, 0.2) is 30.5 Å². The van der Waals surface area contributed by atoms with E-state index in [4.69, 9.17) is 0 Å². The number of benzene rings is 1. The molecule has 4 nitrogen and oxygen atoms in total. The number of aromatic nitrogens is 1. The number of H-pyrrole nitrogens is 1. The van der Waals surface area contributed by atoms with Crippen LogP contribution in [-0.4, -0.2) is 51.9 Å². The van der Waals surface area contributed by atoms with Crippen LogP contribution in [-0.2, 0) is 0 Å². The Hall–Kier alpha value is -1.81. The Balaban J connectivity index is 1.61. The second-order valence-electron chi connectivity index (χ2n) is 7.21. The molecule has 2 bridgehead atoms. The summed E-state index contributed by atoms with van der Waals surface area (Å²) in [5, 5.41) is 1.03. The fourth-order valence-electron chi connectivity index (χ4n) is 4.58. The molecule has 1 amide bonds. The van der Waals surface area contributed by atoms with Crippen molar-refractivity contribution in [2.24, 2.45) is 0 Å². The molecule has 0 spiro atoms. The standard InChI is InChI=1S/C19H25N3O/c1-13(2)22-14-6-7-15(22)12-21(11-9-14)19(23)17-4-3-5-18-16(17)8-10-20-18/h3-5,8,10,13-15,20H,6-7,9,11-12H2,1-2H3. The molecule has 2 aliphatic heterocycles. The predicted octanol–water partition coefficient (Wildman–Crippen LogP) is 3.26. The number of nitrogens with zero attached hydrogens (tertiary/aromatic N) is 2. The molecule has 1 aromatic heterocycles. The minimum absolute atomic E-state index is 0.187. The first-order valence-electron chi connectivity index (χ1n) is 8.78. The molecule has 3 heterocycles. The summed E-state index contributed by atoms with van der Waals surface area (Å²) < 4.78 is 0. The third kappa shape index (κ3) is 2.45. The molecule has 4 rings (SSSR count). The van der Waals surface area contributed by atoms with Crippen LogP contribution < -0.4 is 0 Å². The highest BCUT2D eigenvalue weighted by molar-refractivity contribution is 6.06. The maximum absolute atomic E-state index is 13.1. The van der Waals surface area contributed by atoms with Crippen LogP contribution in [0.25, 0.3) is 10.9 Å². The lowest BCUT2D eigenvalue weighted by molar-refractivity contribution is 0.0730. The maximum atomic E-state index is 13.1. The molecule has 1 N–H and O–H groups in total. The van der Waals surface area contributed by atoms with Crippen LogP contribution in [0.3, 0.4) is 0 Å². The molecular weight excluding hydrogens is 286 g/mol. The molecular formula is C19H25N3O. The van der Waals surface area contributed by atoms with Crippen LogP contribution in [0.4, 0.5) is 0 Å². The first-order chi connectivity index (χ1) is 11.1. The van der Waals surface area contributed by atoms with E-state index >= 15 is 0 Å². The highest BCUT2D eigenvalue weighted by Crippen LogP contribution is 2.32. The molecule has 2 aromatic rings. The first kappa shape index (κ1) is 14.8. The molecule has 2 saturated heterocycles. The van der Waals surface area contributed by atoms with Crippen molar-refractivity contribution in [3.8, 4) is 0 Å². The summed E-state index contributed by atoms with van der Waals surface area (Å²) >= 11 is 0. The topological polar surface area (TPSA) is 39.3 Å². The number of fused-ring (bicyclic) bond motifs is 3. The smallest absolute Gasteiger partial charge is 0.254 e. The van der Waals surface area contributed by atoms with Crippen LogP contribution >= 0.6 is 0 Å². The third-order valence-electron chi connectivity index (χ3n) is 5.55. The lowest BCUT2D eigenvalue weighted by atomic mass is 10.1. The third-order valence-corrected chi connectivity index (χ3v) is 5.55. The number of nitrogens with one attached hydrogen (secondary N) is 1. The molecule has 2 aliphatic rings. The fraction of sp³-hybridized carbons (Fsp3) is 0.526. The van der Waals surface area contributed by atoms with E-state index in [0.29, 0.717) is 18.1 Å². The number of amides is 1. The van der Waals surface area contributed by atoms with Crippen molar-refractivity contribution in [1.82, 2.24) is 14.8 Å². The molecule has 23 heavy (non-hydrogen) atoms. The van der Waals surface area contributed by atoms with E-state index in [0.717, 1.165) is 36.0 Å². The van der Waals surface area contributed by atoms with E-state index in [9.17, 15) is 4.79 Å². The molecule has 1 aromatic carbocycles. The van der Waals surface area contributed by atoms with E-state index < -0.39 is 0 Å². The maximum Gasteiger partial charge on any atom is 0.254 e. The van der Waals surface area contributed by atoms with Gasteiger partial charge >= 0.3 is 0 Å². The first-order valence-corrected chi connectivity index (χ1v) is 8.78. The van der Waals surface area contributed by atoms with Gasteiger partial charge < -0.3 is 9.88 Å². The van der Waals surface area contributed by atoms with Crippen molar-refractivity contribution < 1.29 is 4.79 Å². The van der Waals surface area contributed by atoms with Gasteiger partial charge in [-0.3, -0.25) is 9.69 Å². The van der Waals surface area contributed by atoms with E-state index in [-0.39, 0.29) is 5.91 Å². The van der Waals surface area contributed by atoms with Crippen molar-refractivity contribution in [3.63, 3.8) is 0 Å². The quantitative estimate of drug-likeness (QED) is 0.924. The summed E-state index contributed by atoms with van der Waals surface area (Å²) in [7, 11) is 0. The van der Waals surface area contributed by atoms with Gasteiger partial charge in [-0.2, -0.15) is 0 Å². The lowest BCUT2D eigenvalue weighted by Crippen LogP contribution is -2.44. The number of rotatable bonds is 2. The highest BCUT2D eigenvalue weighted by atomic mass is 16.2. The van der Waals surface area contributed by atoms with Gasteiger partial charge in [0.2, 0.25) is 0 Å². The summed E-state index contributed by atoms with van der Waals surface area (Å²) in [6.07, 6.45) is 5.52. The van der Waals surface area contributed by atoms with Crippen molar-refractivity contribution in [3.05, 3.63) is 36.0 Å². The number of aromatic amines is 1. The van der Waals surface area contributed by atoms with Gasteiger partial charge in [-0.15, -0.1) is 0 Å². The minimum Gasteiger partial charge on any atom is -0.361 e. The summed E-state index contributed by atoms with van der Waals surface area (Å²) in [5.41, 5.74) is 1.87. The molecule has 2 fully saturated rings. The molecule has 2 unspecified atom stereocenters. The summed E-state index contributed by atoms with van der Waals surface area (Å²) in [6.45, 7) is 6.31. The van der Waals surface area contributed by atoms with E-state index in [1.165, 1.54) is 12.8 Å². The SMILES string of the molecule is CC(C)N1C2CCC1CN(C(=O)c1cccc3[nH]ccc13)CC2. The minimum atomic E-state index is 0.187. The zero-order valence-electron chi connectivity index (χ0n) is 14.0. The Morgan fingerprint density at radius 3 is 2.83 bits per heavy atom. The van der Waals surface area contributed by atoms with Crippen LogP contribution in [0.1, 0.15) is 43.5 Å². The second-order valence-corrected chi connectivity index (χ2v) is 7.21. The second kappa shape index (κ2) is 5.68. The summed E-state index contributed by atoms with van der Waals surface area (Å²) in [4.78, 5) is 21.0. The van der Waals surface area contributed by atoms with Gasteiger partial charge in [0.05, 0.1) is 0 Å². The van der Waals surface area contributed by atoms with Gasteiger partial charge in [0.1, 0.15) is 0 Å². The Morgan fingerprint density at radius 2 is 2.00 bits per heavy atom. The lowest BCUT2D eigenvalue weighted by Gasteiger charge is -2.32. The van der Waals surface area contributed by atoms with E-state index in [1.54, 1.807) is 0 Å².